The van der Waals surface area contributed by atoms with Crippen LogP contribution in [-0.4, -0.2) is 22.1 Å². The lowest BCUT2D eigenvalue weighted by Crippen LogP contribution is -2.05. The average molecular weight is 513 g/mol. The van der Waals surface area contributed by atoms with Gasteiger partial charge in [-0.15, -0.1) is 11.3 Å². The average Bonchev–Trinajstić information content (AvgIpc) is 3.69. The van der Waals surface area contributed by atoms with Gasteiger partial charge in [0.15, 0.2) is 10.8 Å². The lowest BCUT2D eigenvalue weighted by molar-refractivity contribution is -0.143. The zero-order valence-electron chi connectivity index (χ0n) is 20.6. The molecule has 0 spiro atoms. The largest absolute Gasteiger partial charge is 0.487 e. The minimum atomic E-state index is -0.167. The Kier molecular flexibility index (Phi) is 7.81. The molecule has 0 atom stereocenters. The molecule has 7 heteroatoms. The molecule has 3 aromatic heterocycles. The van der Waals surface area contributed by atoms with Gasteiger partial charge >= 0.3 is 5.97 Å². The van der Waals surface area contributed by atoms with E-state index in [0.717, 1.165) is 51.0 Å². The number of nitrogens with zero attached hydrogens (tertiary/aromatic N) is 2. The van der Waals surface area contributed by atoms with Gasteiger partial charge in [-0.25, -0.2) is 4.98 Å². The van der Waals surface area contributed by atoms with Gasteiger partial charge in [0.2, 0.25) is 0 Å². The molecule has 3 heterocycles. The maximum atomic E-state index is 11.9. The maximum Gasteiger partial charge on any atom is 0.306 e. The van der Waals surface area contributed by atoms with Crippen LogP contribution in [0, 0.1) is 0 Å². The summed E-state index contributed by atoms with van der Waals surface area (Å²) >= 11 is 1.54. The number of benzene rings is 2. The van der Waals surface area contributed by atoms with Crippen molar-refractivity contribution < 1.29 is 18.7 Å². The molecule has 37 heavy (non-hydrogen) atoms. The summed E-state index contributed by atoms with van der Waals surface area (Å²) in [5.74, 6) is 1.40. The predicted octanol–water partition coefficient (Wildman–Crippen LogP) is 6.99. The highest BCUT2D eigenvalue weighted by atomic mass is 32.1. The number of aromatic nitrogens is 2. The third-order valence-corrected chi connectivity index (χ3v) is 6.82. The number of thiazole rings is 1. The van der Waals surface area contributed by atoms with Gasteiger partial charge in [-0.2, -0.15) is 0 Å². The minimum absolute atomic E-state index is 0.167. The van der Waals surface area contributed by atoms with Crippen LogP contribution in [0.25, 0.3) is 21.9 Å². The van der Waals surface area contributed by atoms with E-state index in [4.69, 9.17) is 13.9 Å². The van der Waals surface area contributed by atoms with Crippen molar-refractivity contribution in [2.45, 2.75) is 32.9 Å². The number of ether oxygens (including phenoxy) is 2. The van der Waals surface area contributed by atoms with Gasteiger partial charge < -0.3 is 18.5 Å². The number of hydrogen-bond donors (Lipinski definition) is 0. The summed E-state index contributed by atoms with van der Waals surface area (Å²) in [6, 6.07) is 22.1. The molecule has 0 aliphatic rings. The number of aryl methyl sites for hydroxylation is 1. The molecule has 0 amide bonds. The molecule has 2 aromatic carbocycles. The van der Waals surface area contributed by atoms with E-state index in [1.54, 1.807) is 17.6 Å². The van der Waals surface area contributed by atoms with Crippen LogP contribution < -0.4 is 4.74 Å². The van der Waals surface area contributed by atoms with E-state index in [0.29, 0.717) is 26.1 Å². The summed E-state index contributed by atoms with van der Waals surface area (Å²) in [4.78, 5) is 16.5. The van der Waals surface area contributed by atoms with Crippen LogP contribution in [0.15, 0.2) is 95.2 Å². The quantitative estimate of drug-likeness (QED) is 0.178. The molecule has 5 aromatic rings. The first-order valence-electron chi connectivity index (χ1n) is 12.3. The number of carbonyl (C=O) groups excluding carboxylic acids is 1. The first-order chi connectivity index (χ1) is 18.2. The molecule has 0 saturated carbocycles. The lowest BCUT2D eigenvalue weighted by Gasteiger charge is -2.07. The van der Waals surface area contributed by atoms with Gasteiger partial charge in [-0.3, -0.25) is 4.79 Å². The number of esters is 1. The molecule has 0 N–H and O–H groups in total. The zero-order valence-corrected chi connectivity index (χ0v) is 21.4. The second kappa shape index (κ2) is 11.8. The van der Waals surface area contributed by atoms with Crippen LogP contribution in [0.2, 0.25) is 0 Å². The molecule has 0 aliphatic carbocycles. The van der Waals surface area contributed by atoms with Crippen molar-refractivity contribution in [3.63, 3.8) is 0 Å². The van der Waals surface area contributed by atoms with Gasteiger partial charge in [0.05, 0.1) is 18.6 Å². The van der Waals surface area contributed by atoms with Gasteiger partial charge in [0.25, 0.3) is 0 Å². The van der Waals surface area contributed by atoms with Crippen molar-refractivity contribution in [2.75, 3.05) is 6.61 Å². The van der Waals surface area contributed by atoms with Gasteiger partial charge in [0.1, 0.15) is 12.4 Å². The van der Waals surface area contributed by atoms with E-state index in [1.165, 1.54) is 0 Å². The van der Waals surface area contributed by atoms with Crippen LogP contribution in [0.3, 0.4) is 0 Å². The number of hydrogen-bond acceptors (Lipinski definition) is 6. The van der Waals surface area contributed by atoms with Crippen LogP contribution in [0.5, 0.6) is 5.75 Å². The van der Waals surface area contributed by atoms with Crippen molar-refractivity contribution in [3.05, 3.63) is 108 Å². The van der Waals surface area contributed by atoms with Gasteiger partial charge in [0, 0.05) is 36.3 Å². The van der Waals surface area contributed by atoms with Crippen molar-refractivity contribution in [1.29, 1.82) is 0 Å². The molecule has 0 fully saturated rings. The van der Waals surface area contributed by atoms with E-state index >= 15 is 0 Å². The molecular weight excluding hydrogens is 484 g/mol. The smallest absolute Gasteiger partial charge is 0.306 e. The summed E-state index contributed by atoms with van der Waals surface area (Å²) in [6.07, 6.45) is 6.94. The van der Waals surface area contributed by atoms with Gasteiger partial charge in [-0.1, -0.05) is 42.5 Å². The van der Waals surface area contributed by atoms with E-state index in [2.05, 4.69) is 46.2 Å². The van der Waals surface area contributed by atoms with E-state index in [-0.39, 0.29) is 5.97 Å². The van der Waals surface area contributed by atoms with E-state index < -0.39 is 0 Å². The van der Waals surface area contributed by atoms with Crippen molar-refractivity contribution in [1.82, 2.24) is 9.55 Å². The van der Waals surface area contributed by atoms with Crippen molar-refractivity contribution >= 4 is 17.3 Å². The Balaban J connectivity index is 1.23. The van der Waals surface area contributed by atoms with Crippen molar-refractivity contribution in [2.24, 2.45) is 0 Å². The second-order valence-electron chi connectivity index (χ2n) is 8.59. The molecule has 0 saturated heterocycles. The summed E-state index contributed by atoms with van der Waals surface area (Å²) in [5.41, 5.74) is 5.45. The molecular formula is C30H28N2O4S. The molecule has 0 aliphatic heterocycles. The minimum Gasteiger partial charge on any atom is -0.487 e. The normalized spacial score (nSPS) is 10.9. The molecule has 0 unspecified atom stereocenters. The first kappa shape index (κ1) is 24.6. The fraction of sp³-hybridized carbons (Fsp3) is 0.200. The maximum absolute atomic E-state index is 11.9. The Labute approximate surface area is 220 Å². The molecule has 5 rings (SSSR count). The number of carbonyl (C=O) groups is 1. The third kappa shape index (κ3) is 6.37. The van der Waals surface area contributed by atoms with Gasteiger partial charge in [-0.05, 0) is 54.3 Å². The zero-order chi connectivity index (χ0) is 25.5. The fourth-order valence-corrected chi connectivity index (χ4v) is 4.91. The number of rotatable bonds is 11. The van der Waals surface area contributed by atoms with Crippen LogP contribution in [0.1, 0.15) is 30.2 Å². The standard InChI is InChI=1S/C30H28N2O4S/c1-2-34-29(33)15-12-24-18-32(19-27(24)23-7-4-3-5-8-23)17-22-10-13-26(14-11-22)36-20-25-21-37-30(31-25)28-9-6-16-35-28/h3-11,13-14,16,18-19,21H,2,12,15,17,20H2,1H3. The van der Waals surface area contributed by atoms with Crippen LogP contribution in [0.4, 0.5) is 0 Å². The van der Waals surface area contributed by atoms with Crippen molar-refractivity contribution in [3.8, 4) is 27.6 Å². The SMILES string of the molecule is CCOC(=O)CCc1cn(Cc2ccc(OCc3csc(-c4ccco4)n3)cc2)cc1-c1ccccc1. The topological polar surface area (TPSA) is 66.5 Å². The predicted molar refractivity (Wildman–Crippen MR) is 145 cm³/mol. The van der Waals surface area contributed by atoms with E-state index in [1.807, 2.05) is 54.8 Å². The summed E-state index contributed by atoms with van der Waals surface area (Å²) < 4.78 is 18.7. The second-order valence-corrected chi connectivity index (χ2v) is 9.45. The molecule has 0 bridgehead atoms. The Morgan fingerprint density at radius 1 is 1.03 bits per heavy atom. The fourth-order valence-electron chi connectivity index (χ4n) is 4.14. The number of furan rings is 1. The highest BCUT2D eigenvalue weighted by Gasteiger charge is 2.12. The van der Waals surface area contributed by atoms with Crippen LogP contribution >= 0.6 is 11.3 Å². The molecule has 188 valence electrons. The highest BCUT2D eigenvalue weighted by molar-refractivity contribution is 7.13. The monoisotopic (exact) mass is 512 g/mol. The third-order valence-electron chi connectivity index (χ3n) is 5.91. The summed E-state index contributed by atoms with van der Waals surface area (Å²) in [5, 5.41) is 2.84. The van der Waals surface area contributed by atoms with Crippen LogP contribution in [-0.2, 0) is 29.1 Å². The Morgan fingerprint density at radius 2 is 1.86 bits per heavy atom. The summed E-state index contributed by atoms with van der Waals surface area (Å²) in [7, 11) is 0. The molecule has 6 nitrogen and oxygen atoms in total. The van der Waals surface area contributed by atoms with E-state index in [9.17, 15) is 4.79 Å². The summed E-state index contributed by atoms with van der Waals surface area (Å²) in [6.45, 7) is 3.36. The highest BCUT2D eigenvalue weighted by Crippen LogP contribution is 2.27. The Bertz CT molecular complexity index is 1420. The Morgan fingerprint density at radius 3 is 2.62 bits per heavy atom. The lowest BCUT2D eigenvalue weighted by atomic mass is 10.0. The Hall–Kier alpha value is -4.10. The first-order valence-corrected chi connectivity index (χ1v) is 13.2. The molecule has 0 radical (unpaired) electrons.